The first kappa shape index (κ1) is 11.3. The Labute approximate surface area is 86.9 Å². The minimum absolute atomic E-state index is 0.109. The van der Waals surface area contributed by atoms with Crippen molar-refractivity contribution in [1.29, 1.82) is 0 Å². The molecule has 1 unspecified atom stereocenters. The van der Waals surface area contributed by atoms with Crippen molar-refractivity contribution in [3.8, 4) is 0 Å². The van der Waals surface area contributed by atoms with E-state index in [4.69, 9.17) is 0 Å². The Kier molecular flexibility index (Phi) is 4.23. The van der Waals surface area contributed by atoms with Crippen LogP contribution in [-0.2, 0) is 0 Å². The second-order valence-corrected chi connectivity index (χ2v) is 4.47. The molecule has 0 aromatic carbocycles. The normalized spacial score (nSPS) is 22.6. The van der Waals surface area contributed by atoms with E-state index in [2.05, 4.69) is 12.2 Å². The molecule has 1 N–H and O–H groups in total. The van der Waals surface area contributed by atoms with Crippen LogP contribution in [-0.4, -0.2) is 30.1 Å². The van der Waals surface area contributed by atoms with Gasteiger partial charge in [-0.25, -0.2) is 4.79 Å². The number of amides is 2. The number of nitrogens with zero attached hydrogens (tertiary/aromatic N) is 1. The Hall–Kier alpha value is -0.730. The Morgan fingerprint density at radius 1 is 1.57 bits per heavy atom. The fourth-order valence-electron chi connectivity index (χ4n) is 1.92. The summed E-state index contributed by atoms with van der Waals surface area (Å²) in [5.41, 5.74) is 0. The van der Waals surface area contributed by atoms with Crippen molar-refractivity contribution in [3.05, 3.63) is 0 Å². The van der Waals surface area contributed by atoms with Gasteiger partial charge in [0.25, 0.3) is 0 Å². The molecule has 3 nitrogen and oxygen atoms in total. The molecule has 82 valence electrons. The highest BCUT2D eigenvalue weighted by molar-refractivity contribution is 5.74. The van der Waals surface area contributed by atoms with Gasteiger partial charge in [0, 0.05) is 19.1 Å². The third-order valence-corrected chi connectivity index (χ3v) is 2.80. The first-order valence-corrected chi connectivity index (χ1v) is 5.69. The van der Waals surface area contributed by atoms with Crippen LogP contribution < -0.4 is 5.32 Å². The summed E-state index contributed by atoms with van der Waals surface area (Å²) >= 11 is 0. The average Bonchev–Trinajstić information content (AvgIpc) is 2.17. The predicted molar refractivity (Wildman–Crippen MR) is 58.3 cm³/mol. The number of hydrogen-bond donors (Lipinski definition) is 1. The van der Waals surface area contributed by atoms with Crippen LogP contribution in [0.2, 0.25) is 0 Å². The number of carbonyl (C=O) groups excluding carboxylic acids is 1. The average molecular weight is 198 g/mol. The molecular weight excluding hydrogens is 176 g/mol. The maximum atomic E-state index is 11.7. The quantitative estimate of drug-likeness (QED) is 0.725. The zero-order chi connectivity index (χ0) is 10.6. The van der Waals surface area contributed by atoms with Crippen molar-refractivity contribution >= 4 is 6.03 Å². The Morgan fingerprint density at radius 2 is 2.29 bits per heavy atom. The largest absolute Gasteiger partial charge is 0.336 e. The van der Waals surface area contributed by atoms with Crippen LogP contribution in [0.1, 0.15) is 40.0 Å². The lowest BCUT2D eigenvalue weighted by atomic mass is 9.96. The van der Waals surface area contributed by atoms with Gasteiger partial charge >= 0.3 is 6.03 Å². The third-order valence-electron chi connectivity index (χ3n) is 2.80. The van der Waals surface area contributed by atoms with Gasteiger partial charge in [0.2, 0.25) is 0 Å². The molecule has 0 saturated carbocycles. The lowest BCUT2D eigenvalue weighted by Gasteiger charge is -2.32. The van der Waals surface area contributed by atoms with Gasteiger partial charge in [0.05, 0.1) is 0 Å². The van der Waals surface area contributed by atoms with Gasteiger partial charge in [0.1, 0.15) is 0 Å². The highest BCUT2D eigenvalue weighted by Crippen LogP contribution is 2.18. The number of likely N-dealkylation sites (tertiary alicyclic amines) is 1. The number of rotatable bonds is 2. The predicted octanol–water partition coefficient (Wildman–Crippen LogP) is 2.23. The molecule has 0 radical (unpaired) electrons. The van der Waals surface area contributed by atoms with E-state index in [1.165, 1.54) is 12.8 Å². The molecule has 1 aliphatic heterocycles. The third kappa shape index (κ3) is 3.20. The highest BCUT2D eigenvalue weighted by atomic mass is 16.2. The molecule has 3 heteroatoms. The number of carbonyl (C=O) groups is 1. The zero-order valence-corrected chi connectivity index (χ0v) is 9.55. The maximum absolute atomic E-state index is 11.7. The van der Waals surface area contributed by atoms with Crippen LogP contribution in [0, 0.1) is 5.92 Å². The first-order valence-electron chi connectivity index (χ1n) is 5.69. The molecule has 0 aliphatic carbocycles. The monoisotopic (exact) mass is 198 g/mol. The summed E-state index contributed by atoms with van der Waals surface area (Å²) in [6.07, 6.45) is 3.62. The fraction of sp³-hybridized carbons (Fsp3) is 0.909. The molecule has 0 spiro atoms. The van der Waals surface area contributed by atoms with E-state index in [0.29, 0.717) is 5.92 Å². The van der Waals surface area contributed by atoms with Gasteiger partial charge in [-0.1, -0.05) is 13.3 Å². The number of nitrogens with one attached hydrogen (secondary N) is 1. The molecule has 14 heavy (non-hydrogen) atoms. The first-order chi connectivity index (χ1) is 6.63. The number of hydrogen-bond acceptors (Lipinski definition) is 1. The minimum atomic E-state index is 0.109. The molecule has 1 fully saturated rings. The maximum Gasteiger partial charge on any atom is 0.317 e. The molecule has 1 atom stereocenters. The van der Waals surface area contributed by atoms with Crippen LogP contribution >= 0.6 is 0 Å². The van der Waals surface area contributed by atoms with Crippen molar-refractivity contribution in [2.24, 2.45) is 5.92 Å². The highest BCUT2D eigenvalue weighted by Gasteiger charge is 2.22. The summed E-state index contributed by atoms with van der Waals surface area (Å²) in [4.78, 5) is 13.6. The second kappa shape index (κ2) is 5.23. The zero-order valence-electron chi connectivity index (χ0n) is 9.55. The Bertz CT molecular complexity index is 192. The Morgan fingerprint density at radius 3 is 2.86 bits per heavy atom. The van der Waals surface area contributed by atoms with Gasteiger partial charge in [0.15, 0.2) is 0 Å². The standard InChI is InChI=1S/C11H22N2O/c1-4-10-6-5-7-13(8-10)11(14)12-9(2)3/h9-10H,4-8H2,1-3H3,(H,12,14). The van der Waals surface area contributed by atoms with E-state index >= 15 is 0 Å². The van der Waals surface area contributed by atoms with Gasteiger partial charge in [-0.2, -0.15) is 0 Å². The fourth-order valence-corrected chi connectivity index (χ4v) is 1.92. The van der Waals surface area contributed by atoms with Crippen molar-refractivity contribution < 1.29 is 4.79 Å². The molecule has 1 rings (SSSR count). The van der Waals surface area contributed by atoms with E-state index in [1.54, 1.807) is 0 Å². The summed E-state index contributed by atoms with van der Waals surface area (Å²) in [6, 6.07) is 0.350. The SMILES string of the molecule is CCC1CCCN(C(=O)NC(C)C)C1. The topological polar surface area (TPSA) is 32.3 Å². The molecular formula is C11H22N2O. The summed E-state index contributed by atoms with van der Waals surface area (Å²) < 4.78 is 0. The van der Waals surface area contributed by atoms with Crippen molar-refractivity contribution in [3.63, 3.8) is 0 Å². The summed E-state index contributed by atoms with van der Waals surface area (Å²) in [5, 5.41) is 2.94. The Balaban J connectivity index is 2.39. The summed E-state index contributed by atoms with van der Waals surface area (Å²) in [5.74, 6) is 0.710. The minimum Gasteiger partial charge on any atom is -0.336 e. The van der Waals surface area contributed by atoms with Crippen molar-refractivity contribution in [2.75, 3.05) is 13.1 Å². The lowest BCUT2D eigenvalue weighted by molar-refractivity contribution is 0.162. The molecule has 1 aliphatic rings. The summed E-state index contributed by atoms with van der Waals surface area (Å²) in [6.45, 7) is 8.07. The van der Waals surface area contributed by atoms with Crippen LogP contribution in [0.4, 0.5) is 4.79 Å². The number of piperidine rings is 1. The van der Waals surface area contributed by atoms with Crippen LogP contribution in [0.15, 0.2) is 0 Å². The molecule has 1 saturated heterocycles. The lowest BCUT2D eigenvalue weighted by Crippen LogP contribution is -2.47. The molecule has 2 amide bonds. The van der Waals surface area contributed by atoms with Gasteiger partial charge < -0.3 is 10.2 Å². The molecule has 0 aromatic heterocycles. The van der Waals surface area contributed by atoms with Crippen molar-refractivity contribution in [1.82, 2.24) is 10.2 Å². The second-order valence-electron chi connectivity index (χ2n) is 4.47. The van der Waals surface area contributed by atoms with Gasteiger partial charge in [-0.15, -0.1) is 0 Å². The van der Waals surface area contributed by atoms with Gasteiger partial charge in [-0.3, -0.25) is 0 Å². The van der Waals surface area contributed by atoms with E-state index < -0.39 is 0 Å². The smallest absolute Gasteiger partial charge is 0.317 e. The van der Waals surface area contributed by atoms with Crippen LogP contribution in [0.25, 0.3) is 0 Å². The van der Waals surface area contributed by atoms with E-state index in [9.17, 15) is 4.79 Å². The van der Waals surface area contributed by atoms with Gasteiger partial charge in [-0.05, 0) is 32.6 Å². The van der Waals surface area contributed by atoms with Crippen LogP contribution in [0.3, 0.4) is 0 Å². The molecule has 1 heterocycles. The molecule has 0 aromatic rings. The van der Waals surface area contributed by atoms with Crippen LogP contribution in [0.5, 0.6) is 0 Å². The summed E-state index contributed by atoms with van der Waals surface area (Å²) in [7, 11) is 0. The molecule has 0 bridgehead atoms. The number of urea groups is 1. The van der Waals surface area contributed by atoms with Crippen molar-refractivity contribution in [2.45, 2.75) is 46.1 Å². The van der Waals surface area contributed by atoms with E-state index in [1.807, 2.05) is 18.7 Å². The van der Waals surface area contributed by atoms with E-state index in [0.717, 1.165) is 19.5 Å². The van der Waals surface area contributed by atoms with E-state index in [-0.39, 0.29) is 12.1 Å².